The summed E-state index contributed by atoms with van der Waals surface area (Å²) in [5, 5.41) is 0. The van der Waals surface area contributed by atoms with Crippen molar-refractivity contribution in [1.82, 2.24) is 4.90 Å². The number of hydrogen-bond acceptors (Lipinski definition) is 5. The number of hydrogen-bond donors (Lipinski definition) is 0. The molecule has 0 aliphatic rings. The molecule has 1 unspecified atom stereocenters. The molecule has 150 valence electrons. The summed E-state index contributed by atoms with van der Waals surface area (Å²) in [4.78, 5) is 27.3. The van der Waals surface area contributed by atoms with Crippen LogP contribution < -0.4 is 14.2 Å². The highest BCUT2D eigenvalue weighted by atomic mass is 16.5. The van der Waals surface area contributed by atoms with Crippen molar-refractivity contribution in [3.8, 4) is 17.2 Å². The van der Waals surface area contributed by atoms with Gasteiger partial charge in [0.05, 0.1) is 27.4 Å². The molecule has 0 aliphatic carbocycles. The molecule has 2 aromatic rings. The van der Waals surface area contributed by atoms with E-state index >= 15 is 0 Å². The Morgan fingerprint density at radius 2 is 1.43 bits per heavy atom. The zero-order valence-electron chi connectivity index (χ0n) is 17.5. The fourth-order valence-corrected chi connectivity index (χ4v) is 2.90. The van der Waals surface area contributed by atoms with Gasteiger partial charge in [0.1, 0.15) is 0 Å². The summed E-state index contributed by atoms with van der Waals surface area (Å²) in [6, 6.07) is 8.08. The Balaban J connectivity index is 2.32. The number of ketones is 1. The Morgan fingerprint density at radius 1 is 0.857 bits per heavy atom. The maximum atomic E-state index is 13.0. The lowest BCUT2D eigenvalue weighted by Gasteiger charge is -2.25. The molecule has 1 amide bonds. The van der Waals surface area contributed by atoms with Crippen LogP contribution in [0.3, 0.4) is 0 Å². The zero-order valence-corrected chi connectivity index (χ0v) is 17.5. The number of nitrogens with zero attached hydrogens (tertiary/aromatic N) is 1. The van der Waals surface area contributed by atoms with Gasteiger partial charge in [0.25, 0.3) is 5.91 Å². The second-order valence-corrected chi connectivity index (χ2v) is 6.67. The van der Waals surface area contributed by atoms with Gasteiger partial charge < -0.3 is 19.1 Å². The third kappa shape index (κ3) is 4.11. The summed E-state index contributed by atoms with van der Waals surface area (Å²) in [5.74, 6) is 0.734. The minimum Gasteiger partial charge on any atom is -0.493 e. The summed E-state index contributed by atoms with van der Waals surface area (Å²) < 4.78 is 15.9. The van der Waals surface area contributed by atoms with E-state index in [-0.39, 0.29) is 11.7 Å². The number of carbonyl (C=O) groups is 2. The maximum absolute atomic E-state index is 13.0. The van der Waals surface area contributed by atoms with Crippen LogP contribution in [0, 0.1) is 13.8 Å². The smallest absolute Gasteiger partial charge is 0.254 e. The molecular weight excluding hydrogens is 358 g/mol. The number of ether oxygens (including phenoxy) is 3. The van der Waals surface area contributed by atoms with Gasteiger partial charge in [0.2, 0.25) is 5.75 Å². The number of carbonyl (C=O) groups excluding carboxylic acids is 2. The van der Waals surface area contributed by atoms with Crippen molar-refractivity contribution in [3.05, 3.63) is 52.6 Å². The summed E-state index contributed by atoms with van der Waals surface area (Å²) in [5.41, 5.74) is 3.08. The molecule has 0 fully saturated rings. The zero-order chi connectivity index (χ0) is 21.0. The topological polar surface area (TPSA) is 65.1 Å². The van der Waals surface area contributed by atoms with E-state index in [0.717, 1.165) is 11.1 Å². The minimum atomic E-state index is -0.631. The molecule has 0 N–H and O–H groups in total. The standard InChI is InChI=1S/C22H27NO5/c1-13-8-9-16(10-14(13)2)20(24)15(3)23(4)22(25)17-11-18(26-5)21(28-7)19(12-17)27-6/h8-12,15H,1-7H3. The van der Waals surface area contributed by atoms with Crippen molar-refractivity contribution < 1.29 is 23.8 Å². The van der Waals surface area contributed by atoms with Crippen LogP contribution >= 0.6 is 0 Å². The van der Waals surface area contributed by atoms with Crippen LogP contribution in [-0.4, -0.2) is 51.0 Å². The van der Waals surface area contributed by atoms with Crippen molar-refractivity contribution in [2.24, 2.45) is 0 Å². The third-order valence-corrected chi connectivity index (χ3v) is 4.98. The molecule has 0 radical (unpaired) electrons. The number of rotatable bonds is 7. The van der Waals surface area contributed by atoms with Crippen LogP contribution in [-0.2, 0) is 0 Å². The minimum absolute atomic E-state index is 0.119. The normalized spacial score (nSPS) is 11.5. The first kappa shape index (κ1) is 21.3. The predicted molar refractivity (Wildman–Crippen MR) is 108 cm³/mol. The number of likely N-dealkylation sites (N-methyl/N-ethyl adjacent to an activating group) is 1. The fourth-order valence-electron chi connectivity index (χ4n) is 2.90. The van der Waals surface area contributed by atoms with E-state index < -0.39 is 6.04 Å². The van der Waals surface area contributed by atoms with Gasteiger partial charge in [-0.05, 0) is 50.1 Å². The van der Waals surface area contributed by atoms with E-state index in [1.165, 1.54) is 26.2 Å². The van der Waals surface area contributed by atoms with Gasteiger partial charge in [-0.3, -0.25) is 9.59 Å². The molecule has 0 aliphatic heterocycles. The van der Waals surface area contributed by atoms with E-state index in [1.807, 2.05) is 26.0 Å². The second-order valence-electron chi connectivity index (χ2n) is 6.67. The quantitative estimate of drug-likeness (QED) is 0.681. The lowest BCUT2D eigenvalue weighted by Crippen LogP contribution is -2.40. The van der Waals surface area contributed by atoms with Crippen LogP contribution in [0.4, 0.5) is 0 Å². The summed E-state index contributed by atoms with van der Waals surface area (Å²) in [6.45, 7) is 5.67. The van der Waals surface area contributed by atoms with Crippen LogP contribution in [0.1, 0.15) is 38.8 Å². The molecule has 0 saturated heterocycles. The molecule has 2 rings (SSSR count). The Morgan fingerprint density at radius 3 is 1.89 bits per heavy atom. The molecule has 1 atom stereocenters. The molecule has 6 nitrogen and oxygen atoms in total. The Kier molecular flexibility index (Phi) is 6.67. The molecule has 28 heavy (non-hydrogen) atoms. The average molecular weight is 385 g/mol. The average Bonchev–Trinajstić information content (AvgIpc) is 2.72. The Hall–Kier alpha value is -3.02. The molecule has 0 heterocycles. The van der Waals surface area contributed by atoms with E-state index in [1.54, 1.807) is 32.2 Å². The van der Waals surface area contributed by atoms with Crippen molar-refractivity contribution in [2.45, 2.75) is 26.8 Å². The number of amides is 1. The van der Waals surface area contributed by atoms with Crippen molar-refractivity contribution in [3.63, 3.8) is 0 Å². The van der Waals surface area contributed by atoms with E-state index in [2.05, 4.69) is 0 Å². The van der Waals surface area contributed by atoms with E-state index in [0.29, 0.717) is 28.4 Å². The van der Waals surface area contributed by atoms with E-state index in [9.17, 15) is 9.59 Å². The van der Waals surface area contributed by atoms with Gasteiger partial charge in [-0.25, -0.2) is 0 Å². The lowest BCUT2D eigenvalue weighted by atomic mass is 9.99. The lowest BCUT2D eigenvalue weighted by molar-refractivity contribution is 0.0674. The van der Waals surface area contributed by atoms with Crippen LogP contribution in [0.2, 0.25) is 0 Å². The van der Waals surface area contributed by atoms with Crippen molar-refractivity contribution in [2.75, 3.05) is 28.4 Å². The number of Topliss-reactive ketones (excluding diaryl/α,β-unsaturated/α-hetero) is 1. The van der Waals surface area contributed by atoms with E-state index in [4.69, 9.17) is 14.2 Å². The molecule has 0 saturated carbocycles. The number of aryl methyl sites for hydroxylation is 2. The fraction of sp³-hybridized carbons (Fsp3) is 0.364. The first-order chi connectivity index (χ1) is 13.2. The SMILES string of the molecule is COc1cc(C(=O)N(C)C(C)C(=O)c2ccc(C)c(C)c2)cc(OC)c1OC. The second kappa shape index (κ2) is 8.78. The Labute approximate surface area is 166 Å². The monoisotopic (exact) mass is 385 g/mol. The molecule has 0 bridgehead atoms. The first-order valence-electron chi connectivity index (χ1n) is 8.93. The van der Waals surface area contributed by atoms with Crippen LogP contribution in [0.5, 0.6) is 17.2 Å². The molecular formula is C22H27NO5. The van der Waals surface area contributed by atoms with Gasteiger partial charge in [-0.1, -0.05) is 12.1 Å². The van der Waals surface area contributed by atoms with Gasteiger partial charge >= 0.3 is 0 Å². The summed E-state index contributed by atoms with van der Waals surface area (Å²) in [6.07, 6.45) is 0. The van der Waals surface area contributed by atoms with Gasteiger partial charge in [0, 0.05) is 18.2 Å². The summed E-state index contributed by atoms with van der Waals surface area (Å²) in [7, 11) is 6.08. The van der Waals surface area contributed by atoms with Crippen LogP contribution in [0.15, 0.2) is 30.3 Å². The summed E-state index contributed by atoms with van der Waals surface area (Å²) >= 11 is 0. The van der Waals surface area contributed by atoms with Crippen LogP contribution in [0.25, 0.3) is 0 Å². The number of benzene rings is 2. The largest absolute Gasteiger partial charge is 0.493 e. The molecule has 0 aromatic heterocycles. The van der Waals surface area contributed by atoms with Gasteiger partial charge in [-0.2, -0.15) is 0 Å². The van der Waals surface area contributed by atoms with Gasteiger partial charge in [-0.15, -0.1) is 0 Å². The Bertz CT molecular complexity index is 865. The highest BCUT2D eigenvalue weighted by molar-refractivity contribution is 6.04. The molecule has 6 heteroatoms. The van der Waals surface area contributed by atoms with Crippen molar-refractivity contribution >= 4 is 11.7 Å². The predicted octanol–water partition coefficient (Wildman–Crippen LogP) is 3.67. The molecule has 0 spiro atoms. The third-order valence-electron chi connectivity index (χ3n) is 4.98. The van der Waals surface area contributed by atoms with Crippen molar-refractivity contribution in [1.29, 1.82) is 0 Å². The first-order valence-corrected chi connectivity index (χ1v) is 8.93. The van der Waals surface area contributed by atoms with Gasteiger partial charge in [0.15, 0.2) is 17.3 Å². The highest BCUT2D eigenvalue weighted by Gasteiger charge is 2.26. The maximum Gasteiger partial charge on any atom is 0.254 e. The number of methoxy groups -OCH3 is 3. The molecule has 2 aromatic carbocycles. The highest BCUT2D eigenvalue weighted by Crippen LogP contribution is 2.38.